The average Bonchev–Trinajstić information content (AvgIpc) is 2.52. The van der Waals surface area contributed by atoms with Crippen LogP contribution in [0.15, 0.2) is 53.4 Å². The fourth-order valence-electron chi connectivity index (χ4n) is 1.54. The summed E-state index contributed by atoms with van der Waals surface area (Å²) in [6.45, 7) is 0. The van der Waals surface area contributed by atoms with Crippen LogP contribution < -0.4 is 10.9 Å². The highest BCUT2D eigenvalue weighted by atomic mass is 32.2. The van der Waals surface area contributed by atoms with E-state index >= 15 is 0 Å². The number of carbonyl (C=O) groups is 2. The highest BCUT2D eigenvalue weighted by molar-refractivity contribution is 8.00. The van der Waals surface area contributed by atoms with Crippen molar-refractivity contribution in [1.29, 1.82) is 0 Å². The molecule has 2 N–H and O–H groups in total. The smallest absolute Gasteiger partial charge is 0.269 e. The Morgan fingerprint density at radius 2 is 1.64 bits per heavy atom. The molecule has 0 radical (unpaired) electrons. The normalized spacial score (nSPS) is 10.1. The summed E-state index contributed by atoms with van der Waals surface area (Å²) in [6, 6.07) is 11.0. The predicted molar refractivity (Wildman–Crippen MR) is 79.1 cm³/mol. The monoisotopic (exact) mass is 322 g/mol. The molecular formula is C15H12F2N2O2S. The number of hydrazine groups is 1. The number of thioether (sulfide) groups is 1. The van der Waals surface area contributed by atoms with Gasteiger partial charge in [-0.15, -0.1) is 11.8 Å². The minimum Gasteiger partial charge on any atom is -0.272 e. The summed E-state index contributed by atoms with van der Waals surface area (Å²) in [4.78, 5) is 23.6. The summed E-state index contributed by atoms with van der Waals surface area (Å²) in [5.74, 6) is -1.96. The summed E-state index contributed by atoms with van der Waals surface area (Å²) >= 11 is 1.02. The Morgan fingerprint density at radius 3 is 2.32 bits per heavy atom. The van der Waals surface area contributed by atoms with Crippen LogP contribution in [0.5, 0.6) is 0 Å². The number of halogens is 2. The largest absolute Gasteiger partial charge is 0.272 e. The van der Waals surface area contributed by atoms with Crippen molar-refractivity contribution in [3.05, 3.63) is 65.7 Å². The van der Waals surface area contributed by atoms with Gasteiger partial charge in [-0.25, -0.2) is 8.78 Å². The van der Waals surface area contributed by atoms with E-state index < -0.39 is 23.4 Å². The third-order valence-corrected chi connectivity index (χ3v) is 3.67. The molecule has 0 aliphatic rings. The second-order valence-corrected chi connectivity index (χ2v) is 5.25. The van der Waals surface area contributed by atoms with E-state index in [1.807, 2.05) is 0 Å². The molecule has 4 nitrogen and oxygen atoms in total. The highest BCUT2D eigenvalue weighted by Gasteiger charge is 2.09. The molecule has 0 fully saturated rings. The summed E-state index contributed by atoms with van der Waals surface area (Å²) in [5.41, 5.74) is 4.62. The van der Waals surface area contributed by atoms with Gasteiger partial charge in [0.2, 0.25) is 5.91 Å². The van der Waals surface area contributed by atoms with Crippen molar-refractivity contribution in [2.45, 2.75) is 4.90 Å². The van der Waals surface area contributed by atoms with Crippen LogP contribution in [0, 0.1) is 11.6 Å². The van der Waals surface area contributed by atoms with Crippen LogP contribution in [0.2, 0.25) is 0 Å². The van der Waals surface area contributed by atoms with Crippen molar-refractivity contribution in [2.24, 2.45) is 0 Å². The van der Waals surface area contributed by atoms with E-state index in [4.69, 9.17) is 0 Å². The molecule has 2 amide bonds. The van der Waals surface area contributed by atoms with Crippen molar-refractivity contribution in [1.82, 2.24) is 10.9 Å². The predicted octanol–water partition coefficient (Wildman–Crippen LogP) is 2.52. The number of rotatable bonds is 4. The molecule has 7 heteroatoms. The quantitative estimate of drug-likeness (QED) is 0.672. The fourth-order valence-corrected chi connectivity index (χ4v) is 2.28. The Hall–Kier alpha value is -2.41. The average molecular weight is 322 g/mol. The van der Waals surface area contributed by atoms with E-state index in [0.29, 0.717) is 4.90 Å². The maximum atomic E-state index is 13.4. The van der Waals surface area contributed by atoms with Gasteiger partial charge in [-0.05, 0) is 36.4 Å². The number of benzene rings is 2. The lowest BCUT2D eigenvalue weighted by Gasteiger charge is -2.07. The van der Waals surface area contributed by atoms with Crippen LogP contribution in [-0.4, -0.2) is 17.6 Å². The standard InChI is InChI=1S/C15H12F2N2O2S/c16-11-7-5-10(6-8-11)15(21)19-18-14(20)9-22-13-4-2-1-3-12(13)17/h1-8H,9H2,(H,18,20)(H,19,21). The molecule has 0 aliphatic carbocycles. The molecule has 0 aromatic heterocycles. The molecule has 114 valence electrons. The zero-order valence-electron chi connectivity index (χ0n) is 11.3. The van der Waals surface area contributed by atoms with Gasteiger partial charge in [-0.1, -0.05) is 12.1 Å². The van der Waals surface area contributed by atoms with E-state index in [1.54, 1.807) is 18.2 Å². The van der Waals surface area contributed by atoms with Gasteiger partial charge in [0.25, 0.3) is 5.91 Å². The lowest BCUT2D eigenvalue weighted by molar-refractivity contribution is -0.119. The molecule has 2 rings (SSSR count). The molecule has 22 heavy (non-hydrogen) atoms. The van der Waals surface area contributed by atoms with Crippen molar-refractivity contribution in [3.8, 4) is 0 Å². The van der Waals surface area contributed by atoms with Crippen molar-refractivity contribution < 1.29 is 18.4 Å². The van der Waals surface area contributed by atoms with Crippen LogP contribution in [0.1, 0.15) is 10.4 Å². The Kier molecular flexibility index (Phi) is 5.48. The van der Waals surface area contributed by atoms with Crippen LogP contribution in [-0.2, 0) is 4.79 Å². The maximum Gasteiger partial charge on any atom is 0.269 e. The zero-order valence-corrected chi connectivity index (χ0v) is 12.1. The van der Waals surface area contributed by atoms with E-state index in [0.717, 1.165) is 23.9 Å². The lowest BCUT2D eigenvalue weighted by Crippen LogP contribution is -2.42. The van der Waals surface area contributed by atoms with Gasteiger partial charge in [0, 0.05) is 10.5 Å². The number of hydrogen-bond donors (Lipinski definition) is 2. The van der Waals surface area contributed by atoms with Crippen molar-refractivity contribution in [2.75, 3.05) is 5.75 Å². The molecule has 2 aromatic carbocycles. The van der Waals surface area contributed by atoms with Gasteiger partial charge >= 0.3 is 0 Å². The maximum absolute atomic E-state index is 13.4. The summed E-state index contributed by atoms with van der Waals surface area (Å²) < 4.78 is 26.1. The molecular weight excluding hydrogens is 310 g/mol. The first-order valence-electron chi connectivity index (χ1n) is 6.28. The molecule has 0 atom stereocenters. The molecule has 0 saturated carbocycles. The third-order valence-electron chi connectivity index (χ3n) is 2.62. The third kappa shape index (κ3) is 4.56. The Bertz CT molecular complexity index is 677. The van der Waals surface area contributed by atoms with Crippen molar-refractivity contribution >= 4 is 23.6 Å². The molecule has 0 spiro atoms. The van der Waals surface area contributed by atoms with Gasteiger partial charge in [-0.2, -0.15) is 0 Å². The van der Waals surface area contributed by atoms with E-state index in [-0.39, 0.29) is 11.3 Å². The highest BCUT2D eigenvalue weighted by Crippen LogP contribution is 2.20. The SMILES string of the molecule is O=C(CSc1ccccc1F)NNC(=O)c1ccc(F)cc1. The molecule has 0 bridgehead atoms. The summed E-state index contributed by atoms with van der Waals surface area (Å²) in [6.07, 6.45) is 0. The van der Waals surface area contributed by atoms with Crippen LogP contribution in [0.3, 0.4) is 0 Å². The van der Waals surface area contributed by atoms with Gasteiger partial charge in [0.15, 0.2) is 0 Å². The first-order valence-corrected chi connectivity index (χ1v) is 7.27. The van der Waals surface area contributed by atoms with Crippen LogP contribution >= 0.6 is 11.8 Å². The van der Waals surface area contributed by atoms with E-state index in [2.05, 4.69) is 10.9 Å². The zero-order chi connectivity index (χ0) is 15.9. The summed E-state index contributed by atoms with van der Waals surface area (Å²) in [5, 5.41) is 0. The second kappa shape index (κ2) is 7.56. The second-order valence-electron chi connectivity index (χ2n) is 4.23. The fraction of sp³-hybridized carbons (Fsp3) is 0.0667. The topological polar surface area (TPSA) is 58.2 Å². The van der Waals surface area contributed by atoms with E-state index in [9.17, 15) is 18.4 Å². The molecule has 2 aromatic rings. The van der Waals surface area contributed by atoms with Gasteiger partial charge in [0.05, 0.1) is 5.75 Å². The number of carbonyl (C=O) groups excluding carboxylic acids is 2. The lowest BCUT2D eigenvalue weighted by atomic mass is 10.2. The number of amides is 2. The Balaban J connectivity index is 1.79. The van der Waals surface area contributed by atoms with Crippen LogP contribution in [0.25, 0.3) is 0 Å². The number of nitrogens with one attached hydrogen (secondary N) is 2. The first kappa shape index (κ1) is 16.0. The minimum absolute atomic E-state index is 0.0510. The molecule has 0 saturated heterocycles. The molecule has 0 unspecified atom stereocenters. The van der Waals surface area contributed by atoms with E-state index in [1.165, 1.54) is 18.2 Å². The minimum atomic E-state index is -0.566. The summed E-state index contributed by atoms with van der Waals surface area (Å²) in [7, 11) is 0. The number of hydrogen-bond acceptors (Lipinski definition) is 3. The van der Waals surface area contributed by atoms with Gasteiger partial charge in [-0.3, -0.25) is 20.4 Å². The van der Waals surface area contributed by atoms with Crippen molar-refractivity contribution in [3.63, 3.8) is 0 Å². The first-order chi connectivity index (χ1) is 10.6. The Labute approximate surface area is 129 Å². The Morgan fingerprint density at radius 1 is 0.955 bits per heavy atom. The van der Waals surface area contributed by atoms with Crippen LogP contribution in [0.4, 0.5) is 8.78 Å². The van der Waals surface area contributed by atoms with Gasteiger partial charge < -0.3 is 0 Å². The van der Waals surface area contributed by atoms with Gasteiger partial charge in [0.1, 0.15) is 11.6 Å². The molecule has 0 aliphatic heterocycles. The molecule has 0 heterocycles.